The molecule has 0 spiro atoms. The van der Waals surface area contributed by atoms with Gasteiger partial charge in [-0.25, -0.2) is 4.79 Å². The summed E-state index contributed by atoms with van der Waals surface area (Å²) in [5.41, 5.74) is 1.33. The minimum Gasteiger partial charge on any atom is -0.454 e. The Kier molecular flexibility index (Phi) is 6.75. The summed E-state index contributed by atoms with van der Waals surface area (Å²) in [5, 5.41) is 2.69. The molecule has 0 unspecified atom stereocenters. The van der Waals surface area contributed by atoms with Crippen LogP contribution in [0.3, 0.4) is 0 Å². The lowest BCUT2D eigenvalue weighted by atomic mass is 10.0. The zero-order valence-corrected chi connectivity index (χ0v) is 14.3. The Bertz CT molecular complexity index is 582. The molecule has 1 aromatic carbocycles. The Morgan fingerprint density at radius 3 is 2.30 bits per heavy atom. The number of nitrogens with zero attached hydrogens (tertiary/aromatic N) is 1. The Morgan fingerprint density at radius 2 is 1.78 bits per heavy atom. The zero-order chi connectivity index (χ0) is 17.6. The zero-order valence-electron chi connectivity index (χ0n) is 14.3. The number of benzene rings is 1. The van der Waals surface area contributed by atoms with Gasteiger partial charge in [-0.15, -0.1) is 0 Å². The summed E-state index contributed by atoms with van der Waals surface area (Å²) in [6, 6.07) is 6.32. The first-order valence-electron chi connectivity index (χ1n) is 7.47. The van der Waals surface area contributed by atoms with E-state index >= 15 is 0 Å². The lowest BCUT2D eigenvalue weighted by Gasteiger charge is -2.21. The summed E-state index contributed by atoms with van der Waals surface area (Å²) in [6.07, 6.45) is 0. The molecule has 1 N–H and O–H groups in total. The van der Waals surface area contributed by atoms with Crippen LogP contribution in [-0.4, -0.2) is 49.4 Å². The van der Waals surface area contributed by atoms with Crippen LogP contribution in [0, 0.1) is 12.8 Å². The van der Waals surface area contributed by atoms with Crippen LogP contribution >= 0.6 is 0 Å². The molecule has 0 bridgehead atoms. The van der Waals surface area contributed by atoms with E-state index in [9.17, 15) is 14.4 Å². The van der Waals surface area contributed by atoms with Crippen molar-refractivity contribution in [1.82, 2.24) is 10.2 Å². The van der Waals surface area contributed by atoms with Gasteiger partial charge in [0.1, 0.15) is 6.04 Å². The molecule has 1 aromatic rings. The molecule has 0 fully saturated rings. The van der Waals surface area contributed by atoms with Gasteiger partial charge in [0.25, 0.3) is 11.8 Å². The van der Waals surface area contributed by atoms with Crippen molar-refractivity contribution in [3.63, 3.8) is 0 Å². The monoisotopic (exact) mass is 320 g/mol. The quantitative estimate of drug-likeness (QED) is 0.804. The van der Waals surface area contributed by atoms with Gasteiger partial charge in [0.2, 0.25) is 0 Å². The average molecular weight is 320 g/mol. The second-order valence-corrected chi connectivity index (χ2v) is 5.91. The summed E-state index contributed by atoms with van der Waals surface area (Å²) in [7, 11) is 3.16. The van der Waals surface area contributed by atoms with Crippen molar-refractivity contribution >= 4 is 17.8 Å². The van der Waals surface area contributed by atoms with Crippen LogP contribution in [0.15, 0.2) is 24.3 Å². The second-order valence-electron chi connectivity index (χ2n) is 5.91. The molecule has 0 aliphatic carbocycles. The highest BCUT2D eigenvalue weighted by atomic mass is 16.5. The molecule has 0 saturated heterocycles. The predicted octanol–water partition coefficient (Wildman–Crippen LogP) is 1.38. The van der Waals surface area contributed by atoms with Gasteiger partial charge in [0, 0.05) is 19.7 Å². The van der Waals surface area contributed by atoms with Gasteiger partial charge in [-0.3, -0.25) is 9.59 Å². The molecule has 0 aliphatic rings. The van der Waals surface area contributed by atoms with Gasteiger partial charge < -0.3 is 15.0 Å². The van der Waals surface area contributed by atoms with Crippen LogP contribution < -0.4 is 5.32 Å². The highest BCUT2D eigenvalue weighted by Crippen LogP contribution is 2.10. The largest absolute Gasteiger partial charge is 0.454 e. The van der Waals surface area contributed by atoms with Gasteiger partial charge in [0.05, 0.1) is 0 Å². The van der Waals surface area contributed by atoms with E-state index in [2.05, 4.69) is 5.32 Å². The standard InChI is InChI=1S/C17H24N2O4/c1-11(2)15(17(22)23-10-14(20)19(4)5)18-16(21)13-9-7-6-8-12(13)3/h6-9,11,15H,10H2,1-5H3,(H,18,21)/t15-/m0/s1. The smallest absolute Gasteiger partial charge is 0.329 e. The summed E-state index contributed by atoms with van der Waals surface area (Å²) >= 11 is 0. The van der Waals surface area contributed by atoms with Gasteiger partial charge in [-0.05, 0) is 24.5 Å². The molecule has 0 aromatic heterocycles. The van der Waals surface area contributed by atoms with Gasteiger partial charge in [-0.1, -0.05) is 32.0 Å². The van der Waals surface area contributed by atoms with E-state index < -0.39 is 12.0 Å². The lowest BCUT2D eigenvalue weighted by Crippen LogP contribution is -2.46. The number of ether oxygens (including phenoxy) is 1. The molecule has 2 amide bonds. The molecule has 23 heavy (non-hydrogen) atoms. The van der Waals surface area contributed by atoms with E-state index in [0.29, 0.717) is 5.56 Å². The van der Waals surface area contributed by atoms with Crippen LogP contribution in [0.4, 0.5) is 0 Å². The number of carbonyl (C=O) groups excluding carboxylic acids is 3. The van der Waals surface area contributed by atoms with Crippen molar-refractivity contribution in [2.24, 2.45) is 5.92 Å². The summed E-state index contributed by atoms with van der Waals surface area (Å²) in [6.45, 7) is 5.10. The van der Waals surface area contributed by atoms with E-state index in [1.165, 1.54) is 4.90 Å². The van der Waals surface area contributed by atoms with Crippen molar-refractivity contribution in [3.8, 4) is 0 Å². The highest BCUT2D eigenvalue weighted by molar-refractivity contribution is 5.98. The lowest BCUT2D eigenvalue weighted by molar-refractivity contribution is -0.153. The third-order valence-electron chi connectivity index (χ3n) is 3.43. The molecule has 0 saturated carbocycles. The fourth-order valence-corrected chi connectivity index (χ4v) is 1.90. The van der Waals surface area contributed by atoms with E-state index in [1.54, 1.807) is 40.1 Å². The molecular formula is C17H24N2O4. The first-order chi connectivity index (χ1) is 10.7. The topological polar surface area (TPSA) is 75.7 Å². The van der Waals surface area contributed by atoms with Crippen LogP contribution in [0.25, 0.3) is 0 Å². The van der Waals surface area contributed by atoms with Crippen LogP contribution in [0.2, 0.25) is 0 Å². The molecule has 6 nitrogen and oxygen atoms in total. The number of hydrogen-bond acceptors (Lipinski definition) is 4. The van der Waals surface area contributed by atoms with Gasteiger partial charge >= 0.3 is 5.97 Å². The maximum atomic E-state index is 12.3. The molecule has 0 aliphatic heterocycles. The Labute approximate surface area is 136 Å². The minimum atomic E-state index is -0.808. The van der Waals surface area contributed by atoms with Crippen molar-refractivity contribution in [2.45, 2.75) is 26.8 Å². The fraction of sp³-hybridized carbons (Fsp3) is 0.471. The van der Waals surface area contributed by atoms with Crippen LogP contribution in [0.1, 0.15) is 29.8 Å². The molecule has 6 heteroatoms. The number of carbonyl (C=O) groups is 3. The minimum absolute atomic E-state index is 0.162. The number of likely N-dealkylation sites (N-methyl/N-ethyl adjacent to an activating group) is 1. The number of rotatable bonds is 6. The number of esters is 1. The Morgan fingerprint density at radius 1 is 1.17 bits per heavy atom. The first kappa shape index (κ1) is 18.7. The van der Waals surface area contributed by atoms with E-state index in [0.717, 1.165) is 5.56 Å². The number of nitrogens with one attached hydrogen (secondary N) is 1. The van der Waals surface area contributed by atoms with Gasteiger partial charge in [0.15, 0.2) is 6.61 Å². The Balaban J connectivity index is 2.75. The molecule has 1 atom stereocenters. The van der Waals surface area contributed by atoms with Crippen molar-refractivity contribution < 1.29 is 19.1 Å². The summed E-state index contributed by atoms with van der Waals surface area (Å²) in [5.74, 6) is -1.43. The summed E-state index contributed by atoms with van der Waals surface area (Å²) < 4.78 is 5.01. The SMILES string of the molecule is Cc1ccccc1C(=O)N[C@H](C(=O)OCC(=O)N(C)C)C(C)C. The maximum absolute atomic E-state index is 12.3. The van der Waals surface area contributed by atoms with Crippen LogP contribution in [-0.2, 0) is 14.3 Å². The van der Waals surface area contributed by atoms with E-state index in [4.69, 9.17) is 4.74 Å². The average Bonchev–Trinajstić information content (AvgIpc) is 2.49. The molecule has 0 heterocycles. The van der Waals surface area contributed by atoms with E-state index in [1.807, 2.05) is 19.1 Å². The molecular weight excluding hydrogens is 296 g/mol. The molecule has 0 radical (unpaired) electrons. The van der Waals surface area contributed by atoms with Crippen molar-refractivity contribution in [2.75, 3.05) is 20.7 Å². The number of hydrogen-bond donors (Lipinski definition) is 1. The second kappa shape index (κ2) is 8.31. The van der Waals surface area contributed by atoms with Crippen molar-refractivity contribution in [3.05, 3.63) is 35.4 Å². The molecule has 1 rings (SSSR count). The number of aryl methyl sites for hydroxylation is 1. The van der Waals surface area contributed by atoms with Gasteiger partial charge in [-0.2, -0.15) is 0 Å². The number of amides is 2. The molecule has 126 valence electrons. The fourth-order valence-electron chi connectivity index (χ4n) is 1.90. The maximum Gasteiger partial charge on any atom is 0.329 e. The first-order valence-corrected chi connectivity index (χ1v) is 7.47. The highest BCUT2D eigenvalue weighted by Gasteiger charge is 2.27. The Hall–Kier alpha value is -2.37. The van der Waals surface area contributed by atoms with Crippen molar-refractivity contribution in [1.29, 1.82) is 0 Å². The predicted molar refractivity (Wildman–Crippen MR) is 86.9 cm³/mol. The summed E-state index contributed by atoms with van der Waals surface area (Å²) in [4.78, 5) is 37.3. The normalized spacial score (nSPS) is 11.7. The third kappa shape index (κ3) is 5.39. The van der Waals surface area contributed by atoms with Crippen LogP contribution in [0.5, 0.6) is 0 Å². The third-order valence-corrected chi connectivity index (χ3v) is 3.43. The van der Waals surface area contributed by atoms with E-state index in [-0.39, 0.29) is 24.3 Å².